The second-order valence-electron chi connectivity index (χ2n) is 8.01. The number of halogens is 2. The zero-order valence-electron chi connectivity index (χ0n) is 18.6. The largest absolute Gasteiger partial charge is 0.332 e. The fourth-order valence-corrected chi connectivity index (χ4v) is 4.07. The molecule has 5 aromatic rings. The van der Waals surface area contributed by atoms with Crippen molar-refractivity contribution >= 4 is 34.1 Å². The Kier molecular flexibility index (Phi) is 5.37. The van der Waals surface area contributed by atoms with Gasteiger partial charge in [0, 0.05) is 35.6 Å². The first kappa shape index (κ1) is 21.8. The molecule has 9 heteroatoms. The Morgan fingerprint density at radius 3 is 2.65 bits per heavy atom. The predicted octanol–water partition coefficient (Wildman–Crippen LogP) is 5.80. The zero-order valence-corrected chi connectivity index (χ0v) is 19.3. The Labute approximate surface area is 198 Å². The summed E-state index contributed by atoms with van der Waals surface area (Å²) in [5, 5.41) is 8.07. The number of nitrogens with one attached hydrogen (secondary N) is 1. The minimum absolute atomic E-state index is 0.105. The normalized spacial score (nSPS) is 11.2. The highest BCUT2D eigenvalue weighted by atomic mass is 35.5. The van der Waals surface area contributed by atoms with Crippen molar-refractivity contribution in [3.05, 3.63) is 87.2 Å². The lowest BCUT2D eigenvalue weighted by Gasteiger charge is -2.12. The van der Waals surface area contributed by atoms with Crippen molar-refractivity contribution in [2.24, 2.45) is 7.05 Å². The van der Waals surface area contributed by atoms with E-state index in [4.69, 9.17) is 16.1 Å². The summed E-state index contributed by atoms with van der Waals surface area (Å²) in [4.78, 5) is 21.8. The van der Waals surface area contributed by atoms with Crippen molar-refractivity contribution in [2.45, 2.75) is 13.8 Å². The van der Waals surface area contributed by atoms with Gasteiger partial charge in [-0.3, -0.25) is 9.78 Å². The zero-order chi connectivity index (χ0) is 24.0. The molecule has 5 rings (SSSR count). The Morgan fingerprint density at radius 2 is 1.85 bits per heavy atom. The van der Waals surface area contributed by atoms with Gasteiger partial charge in [-0.05, 0) is 72.6 Å². The lowest BCUT2D eigenvalue weighted by molar-refractivity contribution is 0.433. The van der Waals surface area contributed by atoms with E-state index in [-0.39, 0.29) is 22.4 Å². The molecule has 0 saturated heterocycles. The van der Waals surface area contributed by atoms with Gasteiger partial charge in [0.2, 0.25) is 0 Å². The Bertz CT molecular complexity index is 1630. The van der Waals surface area contributed by atoms with Crippen LogP contribution in [0.2, 0.25) is 5.02 Å². The van der Waals surface area contributed by atoms with Gasteiger partial charge in [-0.2, -0.15) is 4.98 Å². The molecule has 0 atom stereocenters. The van der Waals surface area contributed by atoms with Crippen molar-refractivity contribution < 1.29 is 8.91 Å². The Balaban J connectivity index is 1.51. The van der Waals surface area contributed by atoms with Crippen molar-refractivity contribution in [1.29, 1.82) is 0 Å². The van der Waals surface area contributed by atoms with Crippen LogP contribution in [0.1, 0.15) is 11.3 Å². The molecule has 3 heterocycles. The summed E-state index contributed by atoms with van der Waals surface area (Å²) in [6.07, 6.45) is 1.77. The molecule has 0 spiro atoms. The van der Waals surface area contributed by atoms with Gasteiger partial charge in [0.1, 0.15) is 5.82 Å². The highest BCUT2D eigenvalue weighted by Crippen LogP contribution is 2.30. The number of benzene rings is 2. The number of anilines is 2. The Morgan fingerprint density at radius 1 is 1.03 bits per heavy atom. The first-order valence-corrected chi connectivity index (χ1v) is 10.8. The van der Waals surface area contributed by atoms with Crippen molar-refractivity contribution in [3.8, 4) is 22.6 Å². The molecule has 3 aromatic heterocycles. The highest BCUT2D eigenvalue weighted by molar-refractivity contribution is 6.33. The van der Waals surface area contributed by atoms with E-state index in [2.05, 4.69) is 20.4 Å². The molecule has 0 amide bonds. The third-order valence-electron chi connectivity index (χ3n) is 5.62. The summed E-state index contributed by atoms with van der Waals surface area (Å²) in [7, 11) is 1.76. The van der Waals surface area contributed by atoms with Crippen molar-refractivity contribution in [3.63, 3.8) is 0 Å². The second-order valence-corrected chi connectivity index (χ2v) is 8.42. The van der Waals surface area contributed by atoms with Gasteiger partial charge in [-0.15, -0.1) is 0 Å². The quantitative estimate of drug-likeness (QED) is 0.353. The number of aryl methyl sites for hydroxylation is 3. The standard InChI is InChI=1S/C25H19ClFN5O2/c1-13-4-6-17(29-25-30-23(34-31-25)18-7-5-16(27)10-21(18)26)11-19(13)20-9-15-12-28-14(2)8-22(15)32(3)24(20)33/h4-12H,1-3H3,(H,29,31). The molecule has 0 bridgehead atoms. The lowest BCUT2D eigenvalue weighted by Crippen LogP contribution is -2.19. The van der Waals surface area contributed by atoms with Crippen LogP contribution in [0.25, 0.3) is 33.5 Å². The van der Waals surface area contributed by atoms with Crippen molar-refractivity contribution in [2.75, 3.05) is 5.32 Å². The fraction of sp³-hybridized carbons (Fsp3) is 0.120. The topological polar surface area (TPSA) is 85.8 Å². The number of pyridine rings is 2. The molecular weight excluding hydrogens is 457 g/mol. The van der Waals surface area contributed by atoms with E-state index < -0.39 is 5.82 Å². The van der Waals surface area contributed by atoms with Crippen LogP contribution in [0.5, 0.6) is 0 Å². The van der Waals surface area contributed by atoms with E-state index in [9.17, 15) is 9.18 Å². The summed E-state index contributed by atoms with van der Waals surface area (Å²) >= 11 is 6.09. The molecule has 0 aliphatic heterocycles. The van der Waals surface area contributed by atoms with E-state index in [0.29, 0.717) is 16.8 Å². The second kappa shape index (κ2) is 8.39. The maximum Gasteiger partial charge on any atom is 0.268 e. The minimum Gasteiger partial charge on any atom is -0.332 e. The molecule has 0 saturated carbocycles. The first-order chi connectivity index (χ1) is 16.3. The van der Waals surface area contributed by atoms with Gasteiger partial charge >= 0.3 is 0 Å². The van der Waals surface area contributed by atoms with Crippen LogP contribution in [0.15, 0.2) is 64.0 Å². The van der Waals surface area contributed by atoms with E-state index in [1.165, 1.54) is 18.2 Å². The number of aromatic nitrogens is 4. The van der Waals surface area contributed by atoms with Crippen LogP contribution in [-0.4, -0.2) is 19.7 Å². The summed E-state index contributed by atoms with van der Waals surface area (Å²) in [5.74, 6) is -0.0909. The SMILES string of the molecule is Cc1cc2c(cn1)cc(-c1cc(Nc3noc(-c4ccc(F)cc4Cl)n3)ccc1C)c(=O)n2C. The Hall–Kier alpha value is -4.04. The first-order valence-electron chi connectivity index (χ1n) is 10.4. The summed E-state index contributed by atoms with van der Waals surface area (Å²) in [5.41, 5.74) is 4.94. The van der Waals surface area contributed by atoms with Gasteiger partial charge in [-0.25, -0.2) is 4.39 Å². The van der Waals surface area contributed by atoms with Crippen LogP contribution in [0.4, 0.5) is 16.0 Å². The summed E-state index contributed by atoms with van der Waals surface area (Å²) < 4.78 is 20.3. The lowest BCUT2D eigenvalue weighted by atomic mass is 9.99. The molecule has 0 unspecified atom stereocenters. The molecule has 0 aliphatic rings. The summed E-state index contributed by atoms with van der Waals surface area (Å²) in [6, 6.07) is 13.3. The molecule has 1 N–H and O–H groups in total. The van der Waals surface area contributed by atoms with Gasteiger partial charge in [0.25, 0.3) is 17.4 Å². The highest BCUT2D eigenvalue weighted by Gasteiger charge is 2.15. The number of nitrogens with zero attached hydrogens (tertiary/aromatic N) is 4. The average molecular weight is 476 g/mol. The molecule has 0 aliphatic carbocycles. The maximum atomic E-state index is 13.3. The molecule has 0 fully saturated rings. The van der Waals surface area contributed by atoms with Crippen molar-refractivity contribution in [1.82, 2.24) is 19.7 Å². The third-order valence-corrected chi connectivity index (χ3v) is 5.93. The van der Waals surface area contributed by atoms with Crippen LogP contribution in [0, 0.1) is 19.7 Å². The van der Waals surface area contributed by atoms with Gasteiger partial charge in [-0.1, -0.05) is 17.7 Å². The van der Waals surface area contributed by atoms with E-state index in [1.54, 1.807) is 17.8 Å². The van der Waals surface area contributed by atoms with Crippen LogP contribution < -0.4 is 10.9 Å². The summed E-state index contributed by atoms with van der Waals surface area (Å²) in [6.45, 7) is 3.84. The molecule has 7 nitrogen and oxygen atoms in total. The predicted molar refractivity (Wildman–Crippen MR) is 130 cm³/mol. The number of rotatable bonds is 4. The fourth-order valence-electron chi connectivity index (χ4n) is 3.82. The van der Waals surface area contributed by atoms with Gasteiger partial charge < -0.3 is 14.4 Å². The minimum atomic E-state index is -0.454. The van der Waals surface area contributed by atoms with E-state index in [0.717, 1.165) is 27.7 Å². The molecule has 2 aromatic carbocycles. The van der Waals surface area contributed by atoms with Gasteiger partial charge in [0.05, 0.1) is 16.1 Å². The number of fused-ring (bicyclic) bond motifs is 1. The number of hydrogen-bond donors (Lipinski definition) is 1. The molecule has 0 radical (unpaired) electrons. The van der Waals surface area contributed by atoms with Crippen LogP contribution in [0.3, 0.4) is 0 Å². The van der Waals surface area contributed by atoms with E-state index in [1.807, 2.05) is 44.2 Å². The van der Waals surface area contributed by atoms with Gasteiger partial charge in [0.15, 0.2) is 0 Å². The number of hydrogen-bond acceptors (Lipinski definition) is 6. The molecule has 34 heavy (non-hydrogen) atoms. The average Bonchev–Trinajstić information content (AvgIpc) is 3.26. The van der Waals surface area contributed by atoms with E-state index >= 15 is 0 Å². The van der Waals surface area contributed by atoms with Crippen LogP contribution >= 0.6 is 11.6 Å². The molecule has 170 valence electrons. The molecular formula is C25H19ClFN5O2. The monoisotopic (exact) mass is 475 g/mol. The third kappa shape index (κ3) is 3.92. The maximum absolute atomic E-state index is 13.3. The van der Waals surface area contributed by atoms with Crippen LogP contribution in [-0.2, 0) is 7.05 Å². The smallest absolute Gasteiger partial charge is 0.268 e.